The van der Waals surface area contributed by atoms with Crippen LogP contribution in [0.4, 0.5) is 0 Å². The Balaban J connectivity index is 0. The van der Waals surface area contributed by atoms with Crippen LogP contribution in [0.3, 0.4) is 0 Å². The smallest absolute Gasteiger partial charge is 0.0348 e. The second-order valence-electron chi connectivity index (χ2n) is 3.43. The summed E-state index contributed by atoms with van der Waals surface area (Å²) in [6.07, 6.45) is 0. The van der Waals surface area contributed by atoms with E-state index in [-0.39, 0.29) is 12.4 Å². The molecule has 1 nitrogen and oxygen atoms in total. The quantitative estimate of drug-likeness (QED) is 0.526. The van der Waals surface area contributed by atoms with Crippen molar-refractivity contribution in [2.75, 3.05) is 19.0 Å². The third-order valence-electron chi connectivity index (χ3n) is 0.927. The second-order valence-corrected chi connectivity index (χ2v) is 3.80. The molecule has 0 aliphatic carbocycles. The van der Waals surface area contributed by atoms with Crippen LogP contribution in [-0.4, -0.2) is 19.0 Å². The van der Waals surface area contributed by atoms with Crippen molar-refractivity contribution in [3.63, 3.8) is 0 Å². The fraction of sp³-hybridized carbons (Fsp3) is 1.00. The van der Waals surface area contributed by atoms with Crippen molar-refractivity contribution >= 4 is 24.0 Å². The Morgan fingerprint density at radius 3 is 2.10 bits per heavy atom. The van der Waals surface area contributed by atoms with Gasteiger partial charge in [0.25, 0.3) is 0 Å². The van der Waals surface area contributed by atoms with E-state index in [1.807, 2.05) is 0 Å². The summed E-state index contributed by atoms with van der Waals surface area (Å²) in [6, 6.07) is 0. The van der Waals surface area contributed by atoms with Crippen LogP contribution in [-0.2, 0) is 0 Å². The minimum atomic E-state index is 0. The minimum Gasteiger partial charge on any atom is -0.315 e. The molecule has 0 radical (unpaired) electrons. The molecular weight excluding hydrogens is 169 g/mol. The lowest BCUT2D eigenvalue weighted by Crippen LogP contribution is -2.28. The van der Waals surface area contributed by atoms with E-state index in [9.17, 15) is 0 Å². The number of halogens is 2. The first-order valence-corrected chi connectivity index (χ1v) is 3.86. The average Bonchev–Trinajstić information content (AvgIpc) is 1.63. The molecule has 64 valence electrons. The zero-order chi connectivity index (χ0) is 7.33. The van der Waals surface area contributed by atoms with Gasteiger partial charge in [-0.15, -0.1) is 24.0 Å². The van der Waals surface area contributed by atoms with Gasteiger partial charge in [-0.05, 0) is 5.41 Å². The first-order valence-electron chi connectivity index (χ1n) is 3.33. The fourth-order valence-corrected chi connectivity index (χ4v) is 0.664. The van der Waals surface area contributed by atoms with Crippen LogP contribution >= 0.6 is 24.0 Å². The molecule has 0 atom stereocenters. The largest absolute Gasteiger partial charge is 0.315 e. The number of hydrogen-bond acceptors (Lipinski definition) is 1. The van der Waals surface area contributed by atoms with E-state index < -0.39 is 0 Å². The molecule has 0 amide bonds. The zero-order valence-electron chi connectivity index (χ0n) is 6.91. The Labute approximate surface area is 74.9 Å². The summed E-state index contributed by atoms with van der Waals surface area (Å²) in [4.78, 5) is 0. The highest BCUT2D eigenvalue weighted by molar-refractivity contribution is 6.18. The Morgan fingerprint density at radius 1 is 1.30 bits per heavy atom. The maximum atomic E-state index is 5.47. The van der Waals surface area contributed by atoms with Crippen molar-refractivity contribution in [1.82, 2.24) is 5.32 Å². The van der Waals surface area contributed by atoms with Crippen LogP contribution in [0, 0.1) is 5.41 Å². The molecule has 3 heteroatoms. The zero-order valence-corrected chi connectivity index (χ0v) is 8.48. The van der Waals surface area contributed by atoms with Crippen molar-refractivity contribution in [3.05, 3.63) is 0 Å². The molecule has 0 aromatic rings. The third-order valence-corrected chi connectivity index (χ3v) is 1.12. The van der Waals surface area contributed by atoms with E-state index in [0.717, 1.165) is 13.1 Å². The summed E-state index contributed by atoms with van der Waals surface area (Å²) >= 11 is 5.47. The van der Waals surface area contributed by atoms with Gasteiger partial charge in [-0.25, -0.2) is 0 Å². The van der Waals surface area contributed by atoms with E-state index in [1.165, 1.54) is 0 Å². The standard InChI is InChI=1S/C7H16ClN.ClH/c1-7(2,3)6-9-5-4-8;/h9H,4-6H2,1-3H3;1H. The van der Waals surface area contributed by atoms with Crippen molar-refractivity contribution in [2.45, 2.75) is 20.8 Å². The molecule has 0 spiro atoms. The Hall–Kier alpha value is 0.540. The van der Waals surface area contributed by atoms with Gasteiger partial charge in [0.15, 0.2) is 0 Å². The van der Waals surface area contributed by atoms with Gasteiger partial charge in [0.2, 0.25) is 0 Å². The summed E-state index contributed by atoms with van der Waals surface area (Å²) in [5.41, 5.74) is 0.381. The van der Waals surface area contributed by atoms with Gasteiger partial charge >= 0.3 is 0 Å². The van der Waals surface area contributed by atoms with Crippen LogP contribution in [0.25, 0.3) is 0 Å². The minimum absolute atomic E-state index is 0. The number of nitrogens with one attached hydrogen (secondary N) is 1. The van der Waals surface area contributed by atoms with E-state index in [0.29, 0.717) is 11.3 Å². The maximum Gasteiger partial charge on any atom is 0.0348 e. The molecule has 0 fully saturated rings. The highest BCUT2D eigenvalue weighted by Gasteiger charge is 2.07. The summed E-state index contributed by atoms with van der Waals surface area (Å²) < 4.78 is 0. The summed E-state index contributed by atoms with van der Waals surface area (Å²) in [7, 11) is 0. The molecule has 10 heavy (non-hydrogen) atoms. The SMILES string of the molecule is CC(C)(C)CNCCCl.Cl. The van der Waals surface area contributed by atoms with Crippen molar-refractivity contribution in [2.24, 2.45) is 5.41 Å². The molecule has 0 saturated carbocycles. The number of hydrogen-bond donors (Lipinski definition) is 1. The summed E-state index contributed by atoms with van der Waals surface area (Å²) in [5.74, 6) is 0.704. The van der Waals surface area contributed by atoms with Crippen LogP contribution in [0.5, 0.6) is 0 Å². The highest BCUT2D eigenvalue weighted by atomic mass is 35.5. The predicted octanol–water partition coefficient (Wildman–Crippen LogP) is 2.28. The van der Waals surface area contributed by atoms with Gasteiger partial charge in [-0.2, -0.15) is 0 Å². The molecule has 1 N–H and O–H groups in total. The number of alkyl halides is 1. The molecular formula is C7H17Cl2N. The lowest BCUT2D eigenvalue weighted by Gasteiger charge is -2.17. The average molecular weight is 186 g/mol. The van der Waals surface area contributed by atoms with Crippen LogP contribution < -0.4 is 5.32 Å². The third kappa shape index (κ3) is 11.4. The molecule has 0 bridgehead atoms. The molecule has 0 rings (SSSR count). The Morgan fingerprint density at radius 2 is 1.80 bits per heavy atom. The molecule has 0 heterocycles. The van der Waals surface area contributed by atoms with E-state index in [2.05, 4.69) is 26.1 Å². The van der Waals surface area contributed by atoms with E-state index >= 15 is 0 Å². The van der Waals surface area contributed by atoms with Gasteiger partial charge in [0.05, 0.1) is 0 Å². The lowest BCUT2D eigenvalue weighted by atomic mass is 9.97. The number of rotatable bonds is 3. The lowest BCUT2D eigenvalue weighted by molar-refractivity contribution is 0.385. The normalized spacial score (nSPS) is 10.8. The molecule has 0 unspecified atom stereocenters. The summed E-state index contributed by atoms with van der Waals surface area (Å²) in [5, 5.41) is 3.24. The van der Waals surface area contributed by atoms with Crippen molar-refractivity contribution < 1.29 is 0 Å². The predicted molar refractivity (Wildman–Crippen MR) is 50.3 cm³/mol. The van der Waals surface area contributed by atoms with Crippen LogP contribution in [0.2, 0.25) is 0 Å². The van der Waals surface area contributed by atoms with Crippen molar-refractivity contribution in [1.29, 1.82) is 0 Å². The van der Waals surface area contributed by atoms with Gasteiger partial charge in [0.1, 0.15) is 0 Å². The fourth-order valence-electron chi connectivity index (χ4n) is 0.530. The highest BCUT2D eigenvalue weighted by Crippen LogP contribution is 2.09. The Kier molecular flexibility index (Phi) is 8.24. The maximum absolute atomic E-state index is 5.47. The van der Waals surface area contributed by atoms with E-state index in [4.69, 9.17) is 11.6 Å². The molecule has 0 aliphatic rings. The van der Waals surface area contributed by atoms with Gasteiger partial charge in [-0.3, -0.25) is 0 Å². The van der Waals surface area contributed by atoms with E-state index in [1.54, 1.807) is 0 Å². The van der Waals surface area contributed by atoms with Crippen molar-refractivity contribution in [3.8, 4) is 0 Å². The van der Waals surface area contributed by atoms with Gasteiger partial charge in [0, 0.05) is 19.0 Å². The first-order chi connectivity index (χ1) is 4.06. The topological polar surface area (TPSA) is 12.0 Å². The molecule has 0 aromatic carbocycles. The van der Waals surface area contributed by atoms with Crippen LogP contribution in [0.1, 0.15) is 20.8 Å². The molecule has 0 aliphatic heterocycles. The first kappa shape index (κ1) is 13.2. The van der Waals surface area contributed by atoms with Gasteiger partial charge in [-0.1, -0.05) is 20.8 Å². The van der Waals surface area contributed by atoms with Gasteiger partial charge < -0.3 is 5.32 Å². The molecule has 0 aromatic heterocycles. The monoisotopic (exact) mass is 185 g/mol. The molecule has 0 saturated heterocycles. The summed E-state index contributed by atoms with van der Waals surface area (Å²) in [6.45, 7) is 8.56. The Bertz CT molecular complexity index is 68.5. The van der Waals surface area contributed by atoms with Crippen LogP contribution in [0.15, 0.2) is 0 Å². The second kappa shape index (κ2) is 6.26.